The minimum atomic E-state index is 0.345. The summed E-state index contributed by atoms with van der Waals surface area (Å²) >= 11 is 0. The minimum absolute atomic E-state index is 0.345. The van der Waals surface area contributed by atoms with E-state index < -0.39 is 0 Å². The third-order valence-corrected chi connectivity index (χ3v) is 3.13. The van der Waals surface area contributed by atoms with Crippen LogP contribution in [0.4, 0.5) is 0 Å². The highest BCUT2D eigenvalue weighted by Gasteiger charge is 2.19. The van der Waals surface area contributed by atoms with Crippen molar-refractivity contribution in [1.29, 1.82) is 0 Å². The fourth-order valence-electron chi connectivity index (χ4n) is 2.22. The molecule has 3 nitrogen and oxygen atoms in total. The van der Waals surface area contributed by atoms with Crippen molar-refractivity contribution >= 4 is 0 Å². The highest BCUT2D eigenvalue weighted by atomic mass is 16.5. The third kappa shape index (κ3) is 3.58. The molecule has 1 saturated carbocycles. The monoisotopic (exact) mass is 220 g/mol. The molecule has 0 aromatic carbocycles. The first-order valence-corrected chi connectivity index (χ1v) is 6.10. The third-order valence-electron chi connectivity index (χ3n) is 3.13. The Balaban J connectivity index is 1.68. The summed E-state index contributed by atoms with van der Waals surface area (Å²) in [5.41, 5.74) is 7.16. The van der Waals surface area contributed by atoms with Gasteiger partial charge in [-0.05, 0) is 43.7 Å². The van der Waals surface area contributed by atoms with E-state index in [1.165, 1.54) is 18.4 Å². The number of pyridine rings is 1. The van der Waals surface area contributed by atoms with Crippen molar-refractivity contribution in [3.63, 3.8) is 0 Å². The summed E-state index contributed by atoms with van der Waals surface area (Å²) in [6, 6.07) is 4.39. The van der Waals surface area contributed by atoms with Crippen molar-refractivity contribution in [3.8, 4) is 0 Å². The molecule has 16 heavy (non-hydrogen) atoms. The second kappa shape index (κ2) is 5.97. The van der Waals surface area contributed by atoms with E-state index in [1.54, 1.807) is 6.20 Å². The van der Waals surface area contributed by atoms with Crippen LogP contribution in [0.1, 0.15) is 31.2 Å². The van der Waals surface area contributed by atoms with Crippen LogP contribution < -0.4 is 5.73 Å². The molecule has 0 amide bonds. The second-order valence-electron chi connectivity index (χ2n) is 4.53. The van der Waals surface area contributed by atoms with Gasteiger partial charge in [-0.2, -0.15) is 0 Å². The molecule has 2 unspecified atom stereocenters. The molecule has 3 heteroatoms. The van der Waals surface area contributed by atoms with Crippen LogP contribution in [0, 0.1) is 0 Å². The van der Waals surface area contributed by atoms with Crippen LogP contribution in [0.15, 0.2) is 24.5 Å². The summed E-state index contributed by atoms with van der Waals surface area (Å²) in [7, 11) is 0. The Morgan fingerprint density at radius 1 is 1.44 bits per heavy atom. The van der Waals surface area contributed by atoms with Crippen LogP contribution in [-0.2, 0) is 11.2 Å². The average Bonchev–Trinajstić information content (AvgIpc) is 2.30. The van der Waals surface area contributed by atoms with Gasteiger partial charge < -0.3 is 10.5 Å². The van der Waals surface area contributed by atoms with Gasteiger partial charge in [0, 0.05) is 18.4 Å². The molecule has 0 saturated heterocycles. The maximum Gasteiger partial charge on any atom is 0.0590 e. The highest BCUT2D eigenvalue weighted by molar-refractivity contribution is 5.08. The Morgan fingerprint density at radius 2 is 2.38 bits per heavy atom. The molecule has 1 aliphatic carbocycles. The number of ether oxygens (including phenoxy) is 1. The van der Waals surface area contributed by atoms with Gasteiger partial charge in [-0.3, -0.25) is 4.98 Å². The molecule has 0 radical (unpaired) electrons. The van der Waals surface area contributed by atoms with Gasteiger partial charge in [-0.1, -0.05) is 6.07 Å². The molecule has 1 fully saturated rings. The van der Waals surface area contributed by atoms with E-state index in [0.29, 0.717) is 12.1 Å². The van der Waals surface area contributed by atoms with E-state index in [0.717, 1.165) is 25.9 Å². The maximum atomic E-state index is 5.92. The van der Waals surface area contributed by atoms with Gasteiger partial charge >= 0.3 is 0 Å². The van der Waals surface area contributed by atoms with Crippen LogP contribution in [0.2, 0.25) is 0 Å². The average molecular weight is 220 g/mol. The number of aromatic nitrogens is 1. The van der Waals surface area contributed by atoms with Gasteiger partial charge in [0.15, 0.2) is 0 Å². The quantitative estimate of drug-likeness (QED) is 0.843. The van der Waals surface area contributed by atoms with Crippen LogP contribution >= 0.6 is 0 Å². The molecular weight excluding hydrogens is 200 g/mol. The van der Waals surface area contributed by atoms with Gasteiger partial charge in [-0.15, -0.1) is 0 Å². The smallest absolute Gasteiger partial charge is 0.0590 e. The number of hydrogen-bond acceptors (Lipinski definition) is 3. The Kier molecular flexibility index (Phi) is 4.31. The Labute approximate surface area is 97.0 Å². The molecule has 88 valence electrons. The molecule has 1 aromatic rings. The van der Waals surface area contributed by atoms with E-state index in [-0.39, 0.29) is 0 Å². The Hall–Kier alpha value is -0.930. The maximum absolute atomic E-state index is 5.92. The first-order valence-electron chi connectivity index (χ1n) is 6.10. The molecule has 0 bridgehead atoms. The summed E-state index contributed by atoms with van der Waals surface area (Å²) < 4.78 is 5.85. The van der Waals surface area contributed by atoms with Crippen molar-refractivity contribution in [3.05, 3.63) is 30.1 Å². The molecule has 2 rings (SSSR count). The van der Waals surface area contributed by atoms with Crippen LogP contribution in [0.3, 0.4) is 0 Å². The molecule has 1 aliphatic rings. The van der Waals surface area contributed by atoms with Gasteiger partial charge in [0.05, 0.1) is 12.7 Å². The highest BCUT2D eigenvalue weighted by Crippen LogP contribution is 2.19. The lowest BCUT2D eigenvalue weighted by Gasteiger charge is -2.26. The summed E-state index contributed by atoms with van der Waals surface area (Å²) in [6.07, 6.45) is 9.56. The van der Waals surface area contributed by atoms with E-state index in [1.807, 2.05) is 12.3 Å². The summed E-state index contributed by atoms with van der Waals surface area (Å²) in [6.45, 7) is 0.781. The lowest BCUT2D eigenvalue weighted by atomic mass is 9.93. The van der Waals surface area contributed by atoms with Crippen LogP contribution in [-0.4, -0.2) is 23.7 Å². The number of rotatable bonds is 4. The number of nitrogens with two attached hydrogens (primary N) is 1. The van der Waals surface area contributed by atoms with Crippen molar-refractivity contribution in [1.82, 2.24) is 4.98 Å². The van der Waals surface area contributed by atoms with E-state index in [4.69, 9.17) is 10.5 Å². The van der Waals surface area contributed by atoms with E-state index >= 15 is 0 Å². The first-order chi connectivity index (χ1) is 7.84. The van der Waals surface area contributed by atoms with E-state index in [2.05, 4.69) is 11.1 Å². The van der Waals surface area contributed by atoms with Crippen molar-refractivity contribution in [2.75, 3.05) is 6.61 Å². The SMILES string of the molecule is NC1CCCC(OCCc2cccnc2)C1. The van der Waals surface area contributed by atoms with Crippen molar-refractivity contribution in [2.45, 2.75) is 44.2 Å². The molecule has 0 spiro atoms. The predicted molar refractivity (Wildman–Crippen MR) is 64.1 cm³/mol. The standard InChI is InChI=1S/C13H20N2O/c14-12-4-1-5-13(9-12)16-8-6-11-3-2-7-15-10-11/h2-3,7,10,12-13H,1,4-6,8-9,14H2. The van der Waals surface area contributed by atoms with Crippen molar-refractivity contribution < 1.29 is 4.74 Å². The van der Waals surface area contributed by atoms with Gasteiger partial charge in [-0.25, -0.2) is 0 Å². The lowest BCUT2D eigenvalue weighted by Crippen LogP contribution is -2.32. The zero-order valence-corrected chi connectivity index (χ0v) is 9.64. The number of hydrogen-bond donors (Lipinski definition) is 1. The van der Waals surface area contributed by atoms with Gasteiger partial charge in [0.1, 0.15) is 0 Å². The van der Waals surface area contributed by atoms with Crippen LogP contribution in [0.25, 0.3) is 0 Å². The molecular formula is C13H20N2O. The summed E-state index contributed by atoms with van der Waals surface area (Å²) in [4.78, 5) is 4.09. The molecule has 2 atom stereocenters. The van der Waals surface area contributed by atoms with E-state index in [9.17, 15) is 0 Å². The molecule has 1 aromatic heterocycles. The summed E-state index contributed by atoms with van der Waals surface area (Å²) in [5, 5.41) is 0. The fraction of sp³-hybridized carbons (Fsp3) is 0.615. The van der Waals surface area contributed by atoms with Gasteiger partial charge in [0.2, 0.25) is 0 Å². The molecule has 2 N–H and O–H groups in total. The topological polar surface area (TPSA) is 48.1 Å². The second-order valence-corrected chi connectivity index (χ2v) is 4.53. The minimum Gasteiger partial charge on any atom is -0.378 e. The Bertz CT molecular complexity index is 302. The summed E-state index contributed by atoms with van der Waals surface area (Å²) in [5.74, 6) is 0. The number of nitrogens with zero attached hydrogens (tertiary/aromatic N) is 1. The predicted octanol–water partition coefficient (Wildman–Crippen LogP) is 1.91. The Morgan fingerprint density at radius 3 is 3.12 bits per heavy atom. The first kappa shape index (κ1) is 11.6. The van der Waals surface area contributed by atoms with Gasteiger partial charge in [0.25, 0.3) is 0 Å². The zero-order chi connectivity index (χ0) is 11.2. The fourth-order valence-corrected chi connectivity index (χ4v) is 2.22. The zero-order valence-electron chi connectivity index (χ0n) is 9.64. The lowest BCUT2D eigenvalue weighted by molar-refractivity contribution is 0.0254. The van der Waals surface area contributed by atoms with Crippen molar-refractivity contribution in [2.24, 2.45) is 5.73 Å². The largest absolute Gasteiger partial charge is 0.378 e. The molecule has 1 heterocycles. The molecule has 0 aliphatic heterocycles. The van der Waals surface area contributed by atoms with Crippen LogP contribution in [0.5, 0.6) is 0 Å². The normalized spacial score (nSPS) is 25.6.